The lowest BCUT2D eigenvalue weighted by atomic mass is 9.87. The Kier molecular flexibility index (Phi) is 13.2. The summed E-state index contributed by atoms with van der Waals surface area (Å²) in [5, 5.41) is 5.36. The van der Waals surface area contributed by atoms with Gasteiger partial charge in [0.1, 0.15) is 5.78 Å². The molecule has 24 heavy (non-hydrogen) atoms. The van der Waals surface area contributed by atoms with E-state index in [-0.39, 0.29) is 11.8 Å². The van der Waals surface area contributed by atoms with Gasteiger partial charge in [-0.2, -0.15) is 0 Å². The molecule has 0 atom stereocenters. The number of rotatable bonds is 8. The van der Waals surface area contributed by atoms with Crippen LogP contribution < -0.4 is 10.6 Å². The first-order chi connectivity index (χ1) is 11.4. The van der Waals surface area contributed by atoms with Crippen LogP contribution in [-0.4, -0.2) is 31.2 Å². The molecule has 5 nitrogen and oxygen atoms in total. The van der Waals surface area contributed by atoms with Gasteiger partial charge in [0, 0.05) is 32.4 Å². The van der Waals surface area contributed by atoms with Gasteiger partial charge in [-0.3, -0.25) is 14.4 Å². The SMILES string of the molecule is CC(=O)C1CCCCC1.CNC(=O)CCCC(=O)NCCC(C)C. The first kappa shape index (κ1) is 22.6. The molecule has 0 radical (unpaired) electrons. The van der Waals surface area contributed by atoms with Gasteiger partial charge in [0.2, 0.25) is 11.8 Å². The highest BCUT2D eigenvalue weighted by molar-refractivity contribution is 5.78. The zero-order valence-electron chi connectivity index (χ0n) is 16.0. The minimum absolute atomic E-state index is 0.00928. The van der Waals surface area contributed by atoms with Gasteiger partial charge in [-0.15, -0.1) is 0 Å². The van der Waals surface area contributed by atoms with Crippen molar-refractivity contribution in [3.8, 4) is 0 Å². The Labute approximate surface area is 147 Å². The molecule has 2 amide bonds. The molecule has 0 unspecified atom stereocenters. The Morgan fingerprint density at radius 1 is 1.00 bits per heavy atom. The second kappa shape index (κ2) is 14.0. The average Bonchev–Trinajstić information content (AvgIpc) is 2.55. The van der Waals surface area contributed by atoms with Crippen LogP contribution >= 0.6 is 0 Å². The molecule has 0 bridgehead atoms. The smallest absolute Gasteiger partial charge is 0.220 e. The second-order valence-electron chi connectivity index (χ2n) is 7.00. The molecule has 1 rings (SSSR count). The summed E-state index contributed by atoms with van der Waals surface area (Å²) in [6.45, 7) is 6.70. The largest absolute Gasteiger partial charge is 0.359 e. The third kappa shape index (κ3) is 13.1. The van der Waals surface area contributed by atoms with Crippen molar-refractivity contribution in [1.29, 1.82) is 0 Å². The summed E-state index contributed by atoms with van der Waals surface area (Å²) in [5.41, 5.74) is 0. The number of hydrogen-bond donors (Lipinski definition) is 2. The fraction of sp³-hybridized carbons (Fsp3) is 0.842. The van der Waals surface area contributed by atoms with E-state index in [1.54, 1.807) is 14.0 Å². The topological polar surface area (TPSA) is 75.3 Å². The minimum atomic E-state index is -0.00928. The van der Waals surface area contributed by atoms with E-state index in [2.05, 4.69) is 24.5 Å². The third-order valence-electron chi connectivity index (χ3n) is 4.31. The summed E-state index contributed by atoms with van der Waals surface area (Å²) in [7, 11) is 1.60. The van der Waals surface area contributed by atoms with Crippen molar-refractivity contribution in [3.63, 3.8) is 0 Å². The highest BCUT2D eigenvalue weighted by Gasteiger charge is 2.16. The lowest BCUT2D eigenvalue weighted by Crippen LogP contribution is -2.25. The molecule has 0 aliphatic heterocycles. The Morgan fingerprint density at radius 2 is 1.58 bits per heavy atom. The lowest BCUT2D eigenvalue weighted by molar-refractivity contribution is -0.123. The van der Waals surface area contributed by atoms with Crippen molar-refractivity contribution in [2.45, 2.75) is 78.6 Å². The average molecular weight is 341 g/mol. The van der Waals surface area contributed by atoms with E-state index in [4.69, 9.17) is 0 Å². The molecule has 5 heteroatoms. The Bertz CT molecular complexity index is 375. The van der Waals surface area contributed by atoms with Crippen molar-refractivity contribution in [2.24, 2.45) is 11.8 Å². The maximum Gasteiger partial charge on any atom is 0.220 e. The van der Waals surface area contributed by atoms with Gasteiger partial charge in [0.05, 0.1) is 0 Å². The van der Waals surface area contributed by atoms with Gasteiger partial charge in [-0.05, 0) is 38.5 Å². The molecule has 0 aromatic heterocycles. The number of ketones is 1. The molecule has 1 aliphatic carbocycles. The predicted molar refractivity (Wildman–Crippen MR) is 97.6 cm³/mol. The normalized spacial score (nSPS) is 14.5. The number of Topliss-reactive ketones (excluding diaryl/α,β-unsaturated/α-hetero) is 1. The first-order valence-corrected chi connectivity index (χ1v) is 9.34. The van der Waals surface area contributed by atoms with Gasteiger partial charge in [0.15, 0.2) is 0 Å². The molecule has 0 heterocycles. The molecular weight excluding hydrogens is 304 g/mol. The molecule has 2 N–H and O–H groups in total. The summed E-state index contributed by atoms with van der Waals surface area (Å²) in [6, 6.07) is 0. The lowest BCUT2D eigenvalue weighted by Gasteiger charge is -2.17. The number of amides is 2. The van der Waals surface area contributed by atoms with Gasteiger partial charge < -0.3 is 10.6 Å². The number of nitrogens with one attached hydrogen (secondary N) is 2. The van der Waals surface area contributed by atoms with Crippen molar-refractivity contribution in [3.05, 3.63) is 0 Å². The van der Waals surface area contributed by atoms with E-state index in [0.29, 0.717) is 36.9 Å². The van der Waals surface area contributed by atoms with Crippen LogP contribution in [0.5, 0.6) is 0 Å². The molecule has 0 aromatic carbocycles. The van der Waals surface area contributed by atoms with Crippen molar-refractivity contribution in [1.82, 2.24) is 10.6 Å². The summed E-state index contributed by atoms with van der Waals surface area (Å²) >= 11 is 0. The summed E-state index contributed by atoms with van der Waals surface area (Å²) < 4.78 is 0. The quantitative estimate of drug-likeness (QED) is 0.712. The fourth-order valence-electron chi connectivity index (χ4n) is 2.63. The standard InChI is InChI=1S/C11H22N2O2.C8H14O/c1-9(2)7-8-13-11(15)6-4-5-10(14)12-3;1-7(9)8-5-3-2-4-6-8/h9H,4-8H2,1-3H3,(H,12,14)(H,13,15);8H,2-6H2,1H3. The van der Waals surface area contributed by atoms with Crippen molar-refractivity contribution in [2.75, 3.05) is 13.6 Å². The summed E-state index contributed by atoms with van der Waals surface area (Å²) in [5.74, 6) is 1.45. The van der Waals surface area contributed by atoms with E-state index in [1.165, 1.54) is 19.3 Å². The highest BCUT2D eigenvalue weighted by atomic mass is 16.2. The van der Waals surface area contributed by atoms with Crippen LogP contribution in [0.3, 0.4) is 0 Å². The monoisotopic (exact) mass is 340 g/mol. The molecule has 0 saturated heterocycles. The van der Waals surface area contributed by atoms with Crippen LogP contribution in [0, 0.1) is 11.8 Å². The summed E-state index contributed by atoms with van der Waals surface area (Å²) in [6.07, 6.45) is 8.65. The molecule has 1 saturated carbocycles. The number of hydrogen-bond acceptors (Lipinski definition) is 3. The van der Waals surface area contributed by atoms with Crippen LogP contribution in [0.2, 0.25) is 0 Å². The van der Waals surface area contributed by atoms with Crippen LogP contribution in [0.4, 0.5) is 0 Å². The van der Waals surface area contributed by atoms with E-state index < -0.39 is 0 Å². The van der Waals surface area contributed by atoms with E-state index in [9.17, 15) is 14.4 Å². The molecular formula is C19H36N2O3. The molecule has 0 aromatic rings. The molecule has 0 spiro atoms. The predicted octanol–water partition coefficient (Wildman–Crippen LogP) is 3.22. The Hall–Kier alpha value is -1.39. The van der Waals surface area contributed by atoms with Crippen LogP contribution in [-0.2, 0) is 14.4 Å². The first-order valence-electron chi connectivity index (χ1n) is 9.34. The van der Waals surface area contributed by atoms with Gasteiger partial charge in [0.25, 0.3) is 0 Å². The minimum Gasteiger partial charge on any atom is -0.359 e. The van der Waals surface area contributed by atoms with Gasteiger partial charge in [-0.1, -0.05) is 33.1 Å². The molecule has 1 aliphatic rings. The second-order valence-corrected chi connectivity index (χ2v) is 7.00. The van der Waals surface area contributed by atoms with Crippen LogP contribution in [0.1, 0.15) is 78.6 Å². The number of carbonyl (C=O) groups excluding carboxylic acids is 3. The third-order valence-corrected chi connectivity index (χ3v) is 4.31. The number of carbonyl (C=O) groups is 3. The maximum atomic E-state index is 11.3. The van der Waals surface area contributed by atoms with E-state index in [1.807, 2.05) is 0 Å². The van der Waals surface area contributed by atoms with E-state index >= 15 is 0 Å². The van der Waals surface area contributed by atoms with Crippen molar-refractivity contribution < 1.29 is 14.4 Å². The van der Waals surface area contributed by atoms with Gasteiger partial charge in [-0.25, -0.2) is 0 Å². The highest BCUT2D eigenvalue weighted by Crippen LogP contribution is 2.23. The Morgan fingerprint density at radius 3 is 2.04 bits per heavy atom. The molecule has 1 fully saturated rings. The summed E-state index contributed by atoms with van der Waals surface area (Å²) in [4.78, 5) is 32.9. The zero-order chi connectivity index (χ0) is 18.4. The maximum absolute atomic E-state index is 11.3. The van der Waals surface area contributed by atoms with Crippen LogP contribution in [0.15, 0.2) is 0 Å². The fourth-order valence-corrected chi connectivity index (χ4v) is 2.63. The van der Waals surface area contributed by atoms with E-state index in [0.717, 1.165) is 25.8 Å². The molecule has 140 valence electrons. The Balaban J connectivity index is 0.000000496. The van der Waals surface area contributed by atoms with Gasteiger partial charge >= 0.3 is 0 Å². The van der Waals surface area contributed by atoms with Crippen LogP contribution in [0.25, 0.3) is 0 Å². The zero-order valence-corrected chi connectivity index (χ0v) is 16.0. The van der Waals surface area contributed by atoms with Crippen molar-refractivity contribution >= 4 is 17.6 Å².